The fourth-order valence-corrected chi connectivity index (χ4v) is 1.83. The van der Waals surface area contributed by atoms with Crippen LogP contribution in [0.2, 0.25) is 0 Å². The fraction of sp³-hybridized carbons (Fsp3) is 0.636. The normalized spacial score (nSPS) is 15.7. The largest absolute Gasteiger partial charge is 0.311 e. The van der Waals surface area contributed by atoms with Crippen molar-refractivity contribution in [2.24, 2.45) is 0 Å². The van der Waals surface area contributed by atoms with Gasteiger partial charge >= 0.3 is 0 Å². The summed E-state index contributed by atoms with van der Waals surface area (Å²) >= 11 is 0. The van der Waals surface area contributed by atoms with E-state index in [1.807, 2.05) is 0 Å². The molecule has 2 heterocycles. The van der Waals surface area contributed by atoms with Gasteiger partial charge < -0.3 is 5.32 Å². The molecule has 76 valence electrons. The lowest BCUT2D eigenvalue weighted by atomic mass is 10.0. The topological polar surface area (TPSA) is 37.8 Å². The monoisotopic (exact) mass is 191 g/mol. The molecule has 0 saturated carbocycles. The lowest BCUT2D eigenvalue weighted by Gasteiger charge is -2.19. The molecular formula is C11H17N3. The number of nitrogens with one attached hydrogen (secondary N) is 1. The number of fused-ring (bicyclic) bond motifs is 1. The smallest absolute Gasteiger partial charge is 0.131 e. The van der Waals surface area contributed by atoms with Crippen molar-refractivity contribution in [3.05, 3.63) is 22.8 Å². The highest BCUT2D eigenvalue weighted by atomic mass is 15.0. The minimum atomic E-state index is 0.418. The molecule has 0 aliphatic carbocycles. The Morgan fingerprint density at radius 2 is 2.07 bits per heavy atom. The highest BCUT2D eigenvalue weighted by molar-refractivity contribution is 5.27. The summed E-state index contributed by atoms with van der Waals surface area (Å²) in [6, 6.07) is 0. The van der Waals surface area contributed by atoms with E-state index in [1.54, 1.807) is 0 Å². The van der Waals surface area contributed by atoms with Crippen LogP contribution in [-0.2, 0) is 13.0 Å². The van der Waals surface area contributed by atoms with Crippen molar-refractivity contribution in [1.82, 2.24) is 15.3 Å². The van der Waals surface area contributed by atoms with Crippen LogP contribution in [0.15, 0.2) is 0 Å². The van der Waals surface area contributed by atoms with E-state index in [9.17, 15) is 0 Å². The zero-order chi connectivity index (χ0) is 10.1. The van der Waals surface area contributed by atoms with Crippen molar-refractivity contribution in [3.63, 3.8) is 0 Å². The lowest BCUT2D eigenvalue weighted by Crippen LogP contribution is -2.26. The average Bonchev–Trinajstić information content (AvgIpc) is 2.17. The van der Waals surface area contributed by atoms with Gasteiger partial charge in [-0.3, -0.25) is 0 Å². The van der Waals surface area contributed by atoms with E-state index < -0.39 is 0 Å². The molecule has 0 unspecified atom stereocenters. The van der Waals surface area contributed by atoms with E-state index in [4.69, 9.17) is 0 Å². The number of aromatic nitrogens is 2. The summed E-state index contributed by atoms with van der Waals surface area (Å²) in [5.41, 5.74) is 3.72. The fourth-order valence-electron chi connectivity index (χ4n) is 1.83. The molecule has 0 bridgehead atoms. The predicted molar refractivity (Wildman–Crippen MR) is 56.3 cm³/mol. The van der Waals surface area contributed by atoms with Crippen LogP contribution in [0.25, 0.3) is 0 Å². The Morgan fingerprint density at radius 3 is 2.79 bits per heavy atom. The third-order valence-electron chi connectivity index (χ3n) is 2.68. The van der Waals surface area contributed by atoms with Crippen LogP contribution in [0, 0.1) is 6.92 Å². The number of hydrogen-bond donors (Lipinski definition) is 1. The molecule has 0 aromatic carbocycles. The summed E-state index contributed by atoms with van der Waals surface area (Å²) in [6.07, 6.45) is 1.07. The number of rotatable bonds is 1. The Labute approximate surface area is 85.0 Å². The maximum atomic E-state index is 4.60. The first-order valence-electron chi connectivity index (χ1n) is 5.25. The van der Waals surface area contributed by atoms with E-state index in [1.165, 1.54) is 17.0 Å². The molecule has 1 N–H and O–H groups in total. The Balaban J connectivity index is 2.46. The Kier molecular flexibility index (Phi) is 2.50. The Bertz CT molecular complexity index is 345. The van der Waals surface area contributed by atoms with Crippen molar-refractivity contribution in [3.8, 4) is 0 Å². The van der Waals surface area contributed by atoms with Gasteiger partial charge in [0.25, 0.3) is 0 Å². The minimum absolute atomic E-state index is 0.418. The van der Waals surface area contributed by atoms with Crippen molar-refractivity contribution >= 4 is 0 Å². The maximum absolute atomic E-state index is 4.60. The second-order valence-electron chi connectivity index (χ2n) is 4.17. The molecule has 1 aliphatic heterocycles. The third kappa shape index (κ3) is 1.64. The standard InChI is InChI=1S/C11H17N3/c1-7(2)11-13-8(3)9-4-5-12-6-10(9)14-11/h7,12H,4-6H2,1-3H3. The van der Waals surface area contributed by atoms with Gasteiger partial charge in [-0.15, -0.1) is 0 Å². The summed E-state index contributed by atoms with van der Waals surface area (Å²) in [5.74, 6) is 1.39. The van der Waals surface area contributed by atoms with Crippen molar-refractivity contribution in [1.29, 1.82) is 0 Å². The lowest BCUT2D eigenvalue weighted by molar-refractivity contribution is 0.605. The molecule has 0 spiro atoms. The summed E-state index contributed by atoms with van der Waals surface area (Å²) in [4.78, 5) is 9.15. The van der Waals surface area contributed by atoms with Crippen LogP contribution >= 0.6 is 0 Å². The van der Waals surface area contributed by atoms with Gasteiger partial charge in [-0.05, 0) is 25.5 Å². The molecular weight excluding hydrogens is 174 g/mol. The van der Waals surface area contributed by atoms with Crippen LogP contribution in [-0.4, -0.2) is 16.5 Å². The van der Waals surface area contributed by atoms with Crippen LogP contribution in [0.4, 0.5) is 0 Å². The Hall–Kier alpha value is -0.960. The second-order valence-corrected chi connectivity index (χ2v) is 4.17. The molecule has 3 nitrogen and oxygen atoms in total. The van der Waals surface area contributed by atoms with Crippen LogP contribution in [0.3, 0.4) is 0 Å². The Morgan fingerprint density at radius 1 is 1.29 bits per heavy atom. The first kappa shape index (κ1) is 9.59. The van der Waals surface area contributed by atoms with E-state index in [0.717, 1.165) is 25.3 Å². The molecule has 14 heavy (non-hydrogen) atoms. The number of nitrogens with zero attached hydrogens (tertiary/aromatic N) is 2. The van der Waals surface area contributed by atoms with Gasteiger partial charge in [0.05, 0.1) is 5.69 Å². The van der Waals surface area contributed by atoms with Crippen molar-refractivity contribution in [2.45, 2.75) is 39.7 Å². The zero-order valence-corrected chi connectivity index (χ0v) is 9.09. The van der Waals surface area contributed by atoms with Crippen molar-refractivity contribution < 1.29 is 0 Å². The van der Waals surface area contributed by atoms with Crippen LogP contribution in [0.1, 0.15) is 42.5 Å². The molecule has 0 saturated heterocycles. The SMILES string of the molecule is Cc1nc(C(C)C)nc2c1CCNC2. The highest BCUT2D eigenvalue weighted by Crippen LogP contribution is 2.18. The second kappa shape index (κ2) is 3.65. The van der Waals surface area contributed by atoms with E-state index in [-0.39, 0.29) is 0 Å². The van der Waals surface area contributed by atoms with Gasteiger partial charge in [0.2, 0.25) is 0 Å². The summed E-state index contributed by atoms with van der Waals surface area (Å²) in [5, 5.41) is 3.34. The van der Waals surface area contributed by atoms with Crippen LogP contribution < -0.4 is 5.32 Å². The predicted octanol–water partition coefficient (Wildman–Crippen LogP) is 1.55. The van der Waals surface area contributed by atoms with Gasteiger partial charge in [0.15, 0.2) is 0 Å². The molecule has 0 atom stereocenters. The highest BCUT2D eigenvalue weighted by Gasteiger charge is 2.15. The van der Waals surface area contributed by atoms with Gasteiger partial charge in [-0.25, -0.2) is 9.97 Å². The first-order chi connectivity index (χ1) is 6.68. The number of hydrogen-bond acceptors (Lipinski definition) is 3. The number of aryl methyl sites for hydroxylation is 1. The minimum Gasteiger partial charge on any atom is -0.311 e. The van der Waals surface area contributed by atoms with Gasteiger partial charge in [0, 0.05) is 18.2 Å². The maximum Gasteiger partial charge on any atom is 0.131 e. The van der Waals surface area contributed by atoms with Crippen molar-refractivity contribution in [2.75, 3.05) is 6.54 Å². The quantitative estimate of drug-likeness (QED) is 0.732. The molecule has 0 amide bonds. The molecule has 1 aromatic heterocycles. The van der Waals surface area contributed by atoms with Crippen LogP contribution in [0.5, 0.6) is 0 Å². The summed E-state index contributed by atoms with van der Waals surface area (Å²) in [6.45, 7) is 8.32. The molecule has 3 heteroatoms. The molecule has 2 rings (SSSR count). The molecule has 1 aliphatic rings. The van der Waals surface area contributed by atoms with E-state index in [2.05, 4.69) is 36.1 Å². The van der Waals surface area contributed by atoms with Gasteiger partial charge in [0.1, 0.15) is 5.82 Å². The van der Waals surface area contributed by atoms with E-state index in [0.29, 0.717) is 5.92 Å². The molecule has 0 fully saturated rings. The summed E-state index contributed by atoms with van der Waals surface area (Å²) < 4.78 is 0. The van der Waals surface area contributed by atoms with Gasteiger partial charge in [-0.2, -0.15) is 0 Å². The summed E-state index contributed by atoms with van der Waals surface area (Å²) in [7, 11) is 0. The molecule has 1 aromatic rings. The average molecular weight is 191 g/mol. The first-order valence-corrected chi connectivity index (χ1v) is 5.25. The van der Waals surface area contributed by atoms with Gasteiger partial charge in [-0.1, -0.05) is 13.8 Å². The van der Waals surface area contributed by atoms with E-state index >= 15 is 0 Å². The molecule has 0 radical (unpaired) electrons. The zero-order valence-electron chi connectivity index (χ0n) is 9.09. The third-order valence-corrected chi connectivity index (χ3v) is 2.68.